The lowest BCUT2D eigenvalue weighted by Crippen LogP contribution is -2.47. The van der Waals surface area contributed by atoms with Crippen molar-refractivity contribution in [3.8, 4) is 23.0 Å². The van der Waals surface area contributed by atoms with Gasteiger partial charge < -0.3 is 24.2 Å². The van der Waals surface area contributed by atoms with Gasteiger partial charge in [0.15, 0.2) is 23.0 Å². The predicted molar refractivity (Wildman–Crippen MR) is 136 cm³/mol. The van der Waals surface area contributed by atoms with E-state index in [9.17, 15) is 14.3 Å². The van der Waals surface area contributed by atoms with Gasteiger partial charge in [-0.3, -0.25) is 9.69 Å². The van der Waals surface area contributed by atoms with Crippen molar-refractivity contribution < 1.29 is 28.5 Å². The molecule has 7 nitrogen and oxygen atoms in total. The first kappa shape index (κ1) is 25.3. The summed E-state index contributed by atoms with van der Waals surface area (Å²) in [4.78, 5) is 17.7. The minimum Gasteiger partial charge on any atom is -0.504 e. The molecule has 1 aliphatic rings. The maximum Gasteiger partial charge on any atom is 0.258 e. The maximum absolute atomic E-state index is 13.7. The Morgan fingerprint density at radius 2 is 1.61 bits per heavy atom. The number of phenols is 1. The zero-order valence-corrected chi connectivity index (χ0v) is 20.7. The maximum atomic E-state index is 13.7. The number of amides is 1. The first-order chi connectivity index (χ1) is 17.4. The van der Waals surface area contributed by atoms with E-state index >= 15 is 0 Å². The van der Waals surface area contributed by atoms with E-state index in [0.717, 1.165) is 31.5 Å². The minimum absolute atomic E-state index is 0.0733. The number of hydrogen-bond donors (Lipinski definition) is 1. The lowest BCUT2D eigenvalue weighted by Gasteiger charge is -2.39. The molecule has 190 valence electrons. The molecule has 0 aliphatic carbocycles. The van der Waals surface area contributed by atoms with Crippen LogP contribution in [0.25, 0.3) is 0 Å². The van der Waals surface area contributed by atoms with Crippen molar-refractivity contribution in [1.29, 1.82) is 0 Å². The third kappa shape index (κ3) is 5.39. The molecule has 1 N–H and O–H groups in total. The van der Waals surface area contributed by atoms with Crippen LogP contribution in [0.4, 0.5) is 10.1 Å². The summed E-state index contributed by atoms with van der Waals surface area (Å²) in [5, 5.41) is 10.5. The number of ether oxygens (including phenoxy) is 3. The summed E-state index contributed by atoms with van der Waals surface area (Å²) in [5.41, 5.74) is 1.90. The van der Waals surface area contributed by atoms with Crippen LogP contribution in [0.1, 0.15) is 28.8 Å². The van der Waals surface area contributed by atoms with E-state index in [4.69, 9.17) is 14.2 Å². The lowest BCUT2D eigenvalue weighted by atomic mass is 9.99. The zero-order chi connectivity index (χ0) is 25.7. The van der Waals surface area contributed by atoms with E-state index in [-0.39, 0.29) is 17.7 Å². The van der Waals surface area contributed by atoms with Crippen molar-refractivity contribution >= 4 is 11.6 Å². The summed E-state index contributed by atoms with van der Waals surface area (Å²) < 4.78 is 29.6. The summed E-state index contributed by atoms with van der Waals surface area (Å²) in [6, 6.07) is 16.4. The van der Waals surface area contributed by atoms with Gasteiger partial charge >= 0.3 is 0 Å². The van der Waals surface area contributed by atoms with Gasteiger partial charge in [0.25, 0.3) is 5.91 Å². The number of carbonyl (C=O) groups is 1. The number of likely N-dealkylation sites (tertiary alicyclic amines) is 1. The fourth-order valence-electron chi connectivity index (χ4n) is 4.64. The summed E-state index contributed by atoms with van der Waals surface area (Å²) in [5.74, 6) is 1.11. The fourth-order valence-corrected chi connectivity index (χ4v) is 4.64. The first-order valence-corrected chi connectivity index (χ1v) is 11.8. The van der Waals surface area contributed by atoms with Gasteiger partial charge in [-0.05, 0) is 55.3 Å². The van der Waals surface area contributed by atoms with Gasteiger partial charge in [0.1, 0.15) is 5.82 Å². The Kier molecular flexibility index (Phi) is 7.95. The molecule has 1 saturated heterocycles. The molecule has 0 aromatic heterocycles. The number of carbonyl (C=O) groups excluding carboxylic acids is 1. The van der Waals surface area contributed by atoms with Gasteiger partial charge in [0.2, 0.25) is 0 Å². The average Bonchev–Trinajstić information content (AvgIpc) is 2.91. The van der Waals surface area contributed by atoms with Crippen molar-refractivity contribution in [2.45, 2.75) is 25.4 Å². The van der Waals surface area contributed by atoms with Gasteiger partial charge in [0, 0.05) is 48.6 Å². The molecule has 0 radical (unpaired) electrons. The second-order valence-corrected chi connectivity index (χ2v) is 8.70. The summed E-state index contributed by atoms with van der Waals surface area (Å²) in [6.45, 7) is 2.06. The minimum atomic E-state index is -0.390. The van der Waals surface area contributed by atoms with Crippen molar-refractivity contribution in [2.75, 3.05) is 39.3 Å². The molecule has 3 aromatic rings. The van der Waals surface area contributed by atoms with Crippen LogP contribution in [0.3, 0.4) is 0 Å². The number of nitrogens with zero attached hydrogens (tertiary/aromatic N) is 2. The fraction of sp³-hybridized carbons (Fsp3) is 0.321. The van der Waals surface area contributed by atoms with Crippen molar-refractivity contribution in [1.82, 2.24) is 4.90 Å². The van der Waals surface area contributed by atoms with Crippen LogP contribution in [-0.2, 0) is 6.54 Å². The van der Waals surface area contributed by atoms with Gasteiger partial charge in [-0.2, -0.15) is 0 Å². The van der Waals surface area contributed by atoms with Crippen LogP contribution in [0.5, 0.6) is 23.0 Å². The van der Waals surface area contributed by atoms with Gasteiger partial charge in [-0.15, -0.1) is 0 Å². The van der Waals surface area contributed by atoms with E-state index < -0.39 is 5.82 Å². The number of anilines is 1. The SMILES string of the molecule is COc1ccc(N(C(=O)c2ccc(F)cc2)C2CCN(Cc3cccc(OC)c3O)CC2)cc1OC. The number of hydrogen-bond acceptors (Lipinski definition) is 6. The Morgan fingerprint density at radius 1 is 0.944 bits per heavy atom. The molecular weight excluding hydrogens is 463 g/mol. The summed E-state index contributed by atoms with van der Waals surface area (Å²) in [7, 11) is 4.65. The zero-order valence-electron chi connectivity index (χ0n) is 20.7. The van der Waals surface area contributed by atoms with E-state index in [1.165, 1.54) is 31.4 Å². The molecule has 0 spiro atoms. The molecule has 0 saturated carbocycles. The highest BCUT2D eigenvalue weighted by molar-refractivity contribution is 6.06. The number of rotatable bonds is 8. The Labute approximate surface area is 210 Å². The Morgan fingerprint density at radius 3 is 2.25 bits per heavy atom. The van der Waals surface area contributed by atoms with Crippen LogP contribution in [-0.4, -0.2) is 56.4 Å². The largest absolute Gasteiger partial charge is 0.504 e. The number of halogens is 1. The molecule has 3 aromatic carbocycles. The first-order valence-electron chi connectivity index (χ1n) is 11.8. The van der Waals surface area contributed by atoms with E-state index in [1.54, 1.807) is 37.3 Å². The number of aromatic hydroxyl groups is 1. The predicted octanol–water partition coefficient (Wildman–Crippen LogP) is 4.87. The molecule has 0 unspecified atom stereocenters. The molecule has 8 heteroatoms. The number of benzene rings is 3. The molecule has 0 atom stereocenters. The smallest absolute Gasteiger partial charge is 0.258 e. The molecule has 1 heterocycles. The number of methoxy groups -OCH3 is 3. The van der Waals surface area contributed by atoms with Crippen molar-refractivity contribution in [3.05, 3.63) is 77.6 Å². The quantitative estimate of drug-likeness (QED) is 0.482. The van der Waals surface area contributed by atoms with Crippen LogP contribution < -0.4 is 19.1 Å². The van der Waals surface area contributed by atoms with Gasteiger partial charge in [-0.1, -0.05) is 12.1 Å². The van der Waals surface area contributed by atoms with Crippen LogP contribution >= 0.6 is 0 Å². The molecule has 1 amide bonds. The number of para-hydroxylation sites is 1. The highest BCUT2D eigenvalue weighted by Crippen LogP contribution is 2.35. The molecular formula is C28H31FN2O5. The molecule has 36 heavy (non-hydrogen) atoms. The van der Waals surface area contributed by atoms with Crippen LogP contribution in [0.2, 0.25) is 0 Å². The van der Waals surface area contributed by atoms with Crippen molar-refractivity contribution in [3.63, 3.8) is 0 Å². The van der Waals surface area contributed by atoms with E-state index in [1.807, 2.05) is 18.2 Å². The monoisotopic (exact) mass is 494 g/mol. The summed E-state index contributed by atoms with van der Waals surface area (Å²) >= 11 is 0. The van der Waals surface area contributed by atoms with E-state index in [2.05, 4.69) is 4.90 Å². The van der Waals surface area contributed by atoms with E-state index in [0.29, 0.717) is 35.0 Å². The third-order valence-electron chi connectivity index (χ3n) is 6.57. The second kappa shape index (κ2) is 11.3. The lowest BCUT2D eigenvalue weighted by molar-refractivity contribution is 0.0958. The number of piperidine rings is 1. The molecule has 0 bridgehead atoms. The Hall–Kier alpha value is -3.78. The average molecular weight is 495 g/mol. The van der Waals surface area contributed by atoms with Crippen LogP contribution in [0, 0.1) is 5.82 Å². The Bertz CT molecular complexity index is 1190. The standard InChI is InChI=1S/C28H31FN2O5/c1-34-24-12-11-23(17-26(24)36-3)31(28(33)19-7-9-21(29)10-8-19)22-13-15-30(16-14-22)18-20-5-4-6-25(35-2)27(20)32/h4-12,17,22,32H,13-16,18H2,1-3H3. The second-order valence-electron chi connectivity index (χ2n) is 8.70. The van der Waals surface area contributed by atoms with Gasteiger partial charge in [-0.25, -0.2) is 4.39 Å². The van der Waals surface area contributed by atoms with Gasteiger partial charge in [0.05, 0.1) is 21.3 Å². The highest BCUT2D eigenvalue weighted by Gasteiger charge is 2.31. The molecule has 1 aliphatic heterocycles. The number of phenolic OH excluding ortho intramolecular Hbond substituents is 1. The topological polar surface area (TPSA) is 71.5 Å². The normalized spacial score (nSPS) is 14.3. The Balaban J connectivity index is 1.57. The third-order valence-corrected chi connectivity index (χ3v) is 6.57. The molecule has 4 rings (SSSR count). The van der Waals surface area contributed by atoms with Crippen LogP contribution in [0.15, 0.2) is 60.7 Å². The summed E-state index contributed by atoms with van der Waals surface area (Å²) in [6.07, 6.45) is 1.46. The molecule has 1 fully saturated rings. The highest BCUT2D eigenvalue weighted by atomic mass is 19.1. The van der Waals surface area contributed by atoms with Crippen molar-refractivity contribution in [2.24, 2.45) is 0 Å².